The molecule has 35 heavy (non-hydrogen) atoms. The summed E-state index contributed by atoms with van der Waals surface area (Å²) in [7, 11) is 1.47. The third-order valence-electron chi connectivity index (χ3n) is 6.30. The molecule has 2 fully saturated rings. The minimum atomic E-state index is -0.566. The summed E-state index contributed by atoms with van der Waals surface area (Å²) in [5.41, 5.74) is 0.787. The molecule has 2 aromatic carbocycles. The molecule has 0 bridgehead atoms. The summed E-state index contributed by atoms with van der Waals surface area (Å²) in [6.07, 6.45) is 2.93. The van der Waals surface area contributed by atoms with Gasteiger partial charge in [-0.3, -0.25) is 4.79 Å². The number of piperidine rings is 1. The summed E-state index contributed by atoms with van der Waals surface area (Å²) < 4.78 is 31.4. The predicted molar refractivity (Wildman–Crippen MR) is 130 cm³/mol. The van der Waals surface area contributed by atoms with E-state index < -0.39 is 5.82 Å². The molecular formula is C25H26ClFN4O4. The fraction of sp³-hybridized carbons (Fsp3) is 0.400. The molecule has 184 valence electrons. The fourth-order valence-electron chi connectivity index (χ4n) is 4.44. The zero-order valence-electron chi connectivity index (χ0n) is 19.3. The van der Waals surface area contributed by atoms with Crippen LogP contribution in [0.1, 0.15) is 25.7 Å². The number of anilines is 2. The third kappa shape index (κ3) is 5.11. The Morgan fingerprint density at radius 3 is 2.77 bits per heavy atom. The summed E-state index contributed by atoms with van der Waals surface area (Å²) >= 11 is 5.91. The molecule has 0 aliphatic carbocycles. The van der Waals surface area contributed by atoms with Crippen molar-refractivity contribution in [1.82, 2.24) is 14.9 Å². The van der Waals surface area contributed by atoms with Crippen LogP contribution in [0.2, 0.25) is 5.02 Å². The molecule has 0 saturated carbocycles. The van der Waals surface area contributed by atoms with Gasteiger partial charge < -0.3 is 24.4 Å². The van der Waals surface area contributed by atoms with Crippen molar-refractivity contribution in [3.05, 3.63) is 47.2 Å². The lowest BCUT2D eigenvalue weighted by Gasteiger charge is -2.33. The van der Waals surface area contributed by atoms with E-state index >= 15 is 0 Å². The highest BCUT2D eigenvalue weighted by molar-refractivity contribution is 6.31. The van der Waals surface area contributed by atoms with E-state index in [4.69, 9.17) is 25.8 Å². The van der Waals surface area contributed by atoms with Gasteiger partial charge in [0.2, 0.25) is 0 Å². The number of rotatable bonds is 6. The van der Waals surface area contributed by atoms with Crippen LogP contribution in [0.15, 0.2) is 36.4 Å². The van der Waals surface area contributed by atoms with Gasteiger partial charge in [0, 0.05) is 44.0 Å². The van der Waals surface area contributed by atoms with E-state index in [1.807, 2.05) is 23.1 Å². The van der Waals surface area contributed by atoms with Gasteiger partial charge >= 0.3 is 6.01 Å². The van der Waals surface area contributed by atoms with Crippen molar-refractivity contribution in [3.63, 3.8) is 0 Å². The number of ether oxygens (including phenoxy) is 3. The number of hydrogen-bond acceptors (Lipinski definition) is 7. The molecule has 3 aromatic rings. The number of halogens is 2. The average molecular weight is 501 g/mol. The average Bonchev–Trinajstić information content (AvgIpc) is 3.41. The van der Waals surface area contributed by atoms with Crippen LogP contribution < -0.4 is 14.8 Å². The van der Waals surface area contributed by atoms with Gasteiger partial charge in [0.1, 0.15) is 23.8 Å². The molecule has 0 spiro atoms. The predicted octanol–water partition coefficient (Wildman–Crippen LogP) is 4.72. The van der Waals surface area contributed by atoms with Crippen LogP contribution in [0.3, 0.4) is 0 Å². The number of aromatic nitrogens is 2. The Kier molecular flexibility index (Phi) is 6.88. The van der Waals surface area contributed by atoms with Crippen LogP contribution in [0.5, 0.6) is 11.8 Å². The first-order chi connectivity index (χ1) is 17.0. The molecule has 1 N–H and O–H groups in total. The maximum atomic E-state index is 14.4. The van der Waals surface area contributed by atoms with Crippen molar-refractivity contribution in [1.29, 1.82) is 0 Å². The monoisotopic (exact) mass is 500 g/mol. The smallest absolute Gasteiger partial charge is 0.318 e. The number of likely N-dealkylation sites (tertiary alicyclic amines) is 1. The number of benzene rings is 2. The Balaban J connectivity index is 1.30. The lowest BCUT2D eigenvalue weighted by Crippen LogP contribution is -2.45. The Morgan fingerprint density at radius 2 is 2.03 bits per heavy atom. The number of carbonyl (C=O) groups excluding carboxylic acids is 1. The first kappa shape index (κ1) is 23.6. The second-order valence-electron chi connectivity index (χ2n) is 8.61. The van der Waals surface area contributed by atoms with Gasteiger partial charge in [-0.15, -0.1) is 0 Å². The number of nitrogens with zero attached hydrogens (tertiary/aromatic N) is 3. The zero-order valence-corrected chi connectivity index (χ0v) is 20.1. The van der Waals surface area contributed by atoms with Gasteiger partial charge in [-0.2, -0.15) is 9.97 Å². The van der Waals surface area contributed by atoms with Crippen molar-refractivity contribution in [3.8, 4) is 11.8 Å². The number of nitrogens with one attached hydrogen (secondary N) is 1. The highest BCUT2D eigenvalue weighted by Crippen LogP contribution is 2.32. The summed E-state index contributed by atoms with van der Waals surface area (Å²) in [6, 6.07) is 10.3. The Morgan fingerprint density at radius 1 is 1.20 bits per heavy atom. The molecule has 8 nitrogen and oxygen atoms in total. The van der Waals surface area contributed by atoms with Gasteiger partial charge in [0.15, 0.2) is 5.82 Å². The normalized spacial score (nSPS) is 18.6. The Hall–Kier alpha value is -3.17. The van der Waals surface area contributed by atoms with Gasteiger partial charge in [0.25, 0.3) is 5.91 Å². The second-order valence-corrected chi connectivity index (χ2v) is 9.02. The maximum Gasteiger partial charge on any atom is 0.318 e. The van der Waals surface area contributed by atoms with E-state index in [2.05, 4.69) is 15.3 Å². The molecule has 2 aliphatic rings. The van der Waals surface area contributed by atoms with Crippen LogP contribution >= 0.6 is 11.6 Å². The molecule has 0 radical (unpaired) electrons. The minimum Gasteiger partial charge on any atom is -0.490 e. The van der Waals surface area contributed by atoms with Crippen molar-refractivity contribution < 1.29 is 23.4 Å². The van der Waals surface area contributed by atoms with E-state index in [0.29, 0.717) is 42.2 Å². The van der Waals surface area contributed by atoms with Crippen LogP contribution in [-0.2, 0) is 9.53 Å². The first-order valence-corrected chi connectivity index (χ1v) is 12.0. The SMILES string of the molecule is COc1nc(Nc2cccc(Cl)c2F)c2ccc(OC3CCN(C(=O)C4CCCO4)CC3)cc2n1. The summed E-state index contributed by atoms with van der Waals surface area (Å²) in [6.45, 7) is 1.95. The number of methoxy groups -OCH3 is 1. The molecule has 5 rings (SSSR count). The van der Waals surface area contributed by atoms with E-state index in [-0.39, 0.29) is 34.8 Å². The van der Waals surface area contributed by atoms with Crippen LogP contribution in [-0.4, -0.2) is 59.8 Å². The van der Waals surface area contributed by atoms with Crippen LogP contribution in [0.25, 0.3) is 10.9 Å². The Labute approximate surface area is 207 Å². The minimum absolute atomic E-state index is 0.0112. The zero-order chi connectivity index (χ0) is 24.4. The van der Waals surface area contributed by atoms with Gasteiger partial charge in [-0.05, 0) is 37.1 Å². The topological polar surface area (TPSA) is 85.8 Å². The van der Waals surface area contributed by atoms with Crippen molar-refractivity contribution in [2.24, 2.45) is 0 Å². The molecule has 1 unspecified atom stereocenters. The molecule has 2 aliphatic heterocycles. The number of carbonyl (C=O) groups is 1. The van der Waals surface area contributed by atoms with Crippen molar-refractivity contribution in [2.45, 2.75) is 37.9 Å². The van der Waals surface area contributed by atoms with Gasteiger partial charge in [0.05, 0.1) is 23.3 Å². The van der Waals surface area contributed by atoms with Gasteiger partial charge in [-0.1, -0.05) is 17.7 Å². The first-order valence-electron chi connectivity index (χ1n) is 11.7. The second kappa shape index (κ2) is 10.2. The summed E-state index contributed by atoms with van der Waals surface area (Å²) in [4.78, 5) is 23.2. The quantitative estimate of drug-likeness (QED) is 0.524. The van der Waals surface area contributed by atoms with Crippen molar-refractivity contribution in [2.75, 3.05) is 32.1 Å². The molecule has 3 heterocycles. The summed E-state index contributed by atoms with van der Waals surface area (Å²) in [5, 5.41) is 3.68. The van der Waals surface area contributed by atoms with E-state index in [1.54, 1.807) is 12.1 Å². The van der Waals surface area contributed by atoms with E-state index in [0.717, 1.165) is 25.7 Å². The molecule has 1 amide bonds. The molecule has 2 saturated heterocycles. The number of fused-ring (bicyclic) bond motifs is 1. The standard InChI is InChI=1S/C25H26ClFN4O4/c1-33-25-29-20-14-16(35-15-9-11-31(12-10-15)24(32)21-6-3-13-34-21)7-8-17(20)23(30-25)28-19-5-2-4-18(26)22(19)27/h2,4-5,7-8,14-15,21H,3,6,9-13H2,1H3,(H,28,29,30). The number of amides is 1. The van der Waals surface area contributed by atoms with Crippen LogP contribution in [0, 0.1) is 5.82 Å². The third-order valence-corrected chi connectivity index (χ3v) is 6.59. The van der Waals surface area contributed by atoms with Crippen molar-refractivity contribution >= 4 is 39.9 Å². The fourth-order valence-corrected chi connectivity index (χ4v) is 4.61. The molecule has 1 atom stereocenters. The van der Waals surface area contributed by atoms with E-state index in [1.165, 1.54) is 13.2 Å². The lowest BCUT2D eigenvalue weighted by atomic mass is 10.1. The molecular weight excluding hydrogens is 475 g/mol. The highest BCUT2D eigenvalue weighted by atomic mass is 35.5. The molecule has 1 aromatic heterocycles. The van der Waals surface area contributed by atoms with E-state index in [9.17, 15) is 9.18 Å². The maximum absolute atomic E-state index is 14.4. The van der Waals surface area contributed by atoms with Gasteiger partial charge in [-0.25, -0.2) is 4.39 Å². The Bertz CT molecular complexity index is 1230. The highest BCUT2D eigenvalue weighted by Gasteiger charge is 2.31. The largest absolute Gasteiger partial charge is 0.490 e. The van der Waals surface area contributed by atoms with Crippen LogP contribution in [0.4, 0.5) is 15.9 Å². The number of hydrogen-bond donors (Lipinski definition) is 1. The lowest BCUT2D eigenvalue weighted by molar-refractivity contribution is -0.142. The molecule has 10 heteroatoms. The summed E-state index contributed by atoms with van der Waals surface area (Å²) in [5.74, 6) is 0.568.